The number of fused-ring (bicyclic) bond motifs is 2. The summed E-state index contributed by atoms with van der Waals surface area (Å²) >= 11 is 1.47. The van der Waals surface area contributed by atoms with Crippen LogP contribution >= 0.6 is 11.8 Å². The summed E-state index contributed by atoms with van der Waals surface area (Å²) in [6, 6.07) is 13.8. The van der Waals surface area contributed by atoms with E-state index in [9.17, 15) is 9.59 Å². The van der Waals surface area contributed by atoms with Gasteiger partial charge in [-0.15, -0.1) is 0 Å². The summed E-state index contributed by atoms with van der Waals surface area (Å²) in [5.74, 6) is 1.95. The number of thioether (sulfide) groups is 1. The molecule has 7 nitrogen and oxygen atoms in total. The minimum atomic E-state index is -0.388. The number of rotatable bonds is 4. The number of hydrogen-bond acceptors (Lipinski definition) is 6. The Bertz CT molecular complexity index is 1240. The molecule has 2 aromatic carbocycles. The summed E-state index contributed by atoms with van der Waals surface area (Å²) in [5, 5.41) is 3.45. The molecule has 0 saturated heterocycles. The van der Waals surface area contributed by atoms with Gasteiger partial charge >= 0.3 is 0 Å². The van der Waals surface area contributed by atoms with Crippen molar-refractivity contribution in [3.05, 3.63) is 75.1 Å². The monoisotopic (exact) mass is 435 g/mol. The Morgan fingerprint density at radius 2 is 1.90 bits per heavy atom. The van der Waals surface area contributed by atoms with Crippen molar-refractivity contribution >= 4 is 23.5 Å². The molecule has 1 aromatic heterocycles. The lowest BCUT2D eigenvalue weighted by Crippen LogP contribution is -2.33. The summed E-state index contributed by atoms with van der Waals surface area (Å²) in [6.07, 6.45) is 0.180. The number of nitrogens with one attached hydrogen (secondary N) is 1. The molecular formula is C23H21N3O4S. The van der Waals surface area contributed by atoms with Crippen LogP contribution in [0.3, 0.4) is 0 Å². The molecule has 3 heterocycles. The fourth-order valence-corrected chi connectivity index (χ4v) is 4.83. The van der Waals surface area contributed by atoms with Crippen molar-refractivity contribution in [3.8, 4) is 11.5 Å². The van der Waals surface area contributed by atoms with E-state index in [2.05, 4.69) is 34.6 Å². The highest BCUT2D eigenvalue weighted by molar-refractivity contribution is 7.98. The lowest BCUT2D eigenvalue weighted by molar-refractivity contribution is -0.116. The molecule has 2 aliphatic heterocycles. The van der Waals surface area contributed by atoms with E-state index in [1.807, 2.05) is 32.2 Å². The summed E-state index contributed by atoms with van der Waals surface area (Å²) in [6.45, 7) is 2.22. The minimum Gasteiger partial charge on any atom is -0.454 e. The molecule has 0 saturated carbocycles. The van der Waals surface area contributed by atoms with Gasteiger partial charge in [-0.05, 0) is 30.2 Å². The molecule has 0 bridgehead atoms. The highest BCUT2D eigenvalue weighted by atomic mass is 32.2. The number of hydrogen-bond donors (Lipinski definition) is 1. The Hall–Kier alpha value is -3.26. The molecule has 31 heavy (non-hydrogen) atoms. The molecule has 5 rings (SSSR count). The Balaban J connectivity index is 1.50. The fraction of sp³-hybridized carbons (Fsp3) is 0.261. The van der Waals surface area contributed by atoms with Gasteiger partial charge in [-0.2, -0.15) is 4.98 Å². The second-order valence-corrected chi connectivity index (χ2v) is 8.66. The van der Waals surface area contributed by atoms with Gasteiger partial charge in [0.2, 0.25) is 12.7 Å². The highest BCUT2D eigenvalue weighted by Crippen LogP contribution is 2.40. The van der Waals surface area contributed by atoms with Crippen molar-refractivity contribution in [2.24, 2.45) is 7.05 Å². The van der Waals surface area contributed by atoms with E-state index < -0.39 is 0 Å². The van der Waals surface area contributed by atoms with E-state index in [0.717, 1.165) is 11.1 Å². The first kappa shape index (κ1) is 19.7. The van der Waals surface area contributed by atoms with Gasteiger partial charge in [0.15, 0.2) is 16.7 Å². The number of carbonyl (C=O) groups excluding carboxylic acids is 1. The number of benzene rings is 2. The number of nitrogens with zero attached hydrogens (tertiary/aromatic N) is 2. The quantitative estimate of drug-likeness (QED) is 0.498. The number of ether oxygens (including phenoxy) is 2. The number of amides is 1. The average Bonchev–Trinajstić information content (AvgIpc) is 3.23. The lowest BCUT2D eigenvalue weighted by atomic mass is 9.86. The first-order valence-corrected chi connectivity index (χ1v) is 11.0. The van der Waals surface area contributed by atoms with Gasteiger partial charge in [0.1, 0.15) is 5.82 Å². The van der Waals surface area contributed by atoms with Crippen LogP contribution in [0.4, 0.5) is 5.82 Å². The molecule has 0 fully saturated rings. The summed E-state index contributed by atoms with van der Waals surface area (Å²) in [4.78, 5) is 29.9. The van der Waals surface area contributed by atoms with E-state index in [-0.39, 0.29) is 30.6 Å². The SMILES string of the molecule is Cc1ccc(CSc2nc(=O)c3c(n2C)NC(=O)C[C@H]3c2ccc3c(c2)OCO3)cc1. The third-order valence-electron chi connectivity index (χ3n) is 5.59. The van der Waals surface area contributed by atoms with E-state index in [1.54, 1.807) is 4.57 Å². The largest absolute Gasteiger partial charge is 0.454 e. The Kier molecular flexibility index (Phi) is 4.94. The van der Waals surface area contributed by atoms with Crippen LogP contribution in [0.15, 0.2) is 52.4 Å². The van der Waals surface area contributed by atoms with Gasteiger partial charge in [0.05, 0.1) is 5.56 Å². The number of carbonyl (C=O) groups is 1. The van der Waals surface area contributed by atoms with E-state index in [4.69, 9.17) is 9.47 Å². The molecule has 0 spiro atoms. The number of aromatic nitrogens is 2. The zero-order valence-corrected chi connectivity index (χ0v) is 18.0. The van der Waals surface area contributed by atoms with Crippen molar-refractivity contribution in [1.29, 1.82) is 0 Å². The van der Waals surface area contributed by atoms with E-state index in [0.29, 0.717) is 33.8 Å². The smallest absolute Gasteiger partial charge is 0.279 e. The van der Waals surface area contributed by atoms with Gasteiger partial charge < -0.3 is 19.4 Å². The first-order valence-electron chi connectivity index (χ1n) is 9.98. The van der Waals surface area contributed by atoms with Gasteiger partial charge in [-0.3, -0.25) is 9.59 Å². The third-order valence-corrected chi connectivity index (χ3v) is 6.69. The molecular weight excluding hydrogens is 414 g/mol. The Labute approximate surface area is 183 Å². The normalized spacial score (nSPS) is 16.7. The van der Waals surface area contributed by atoms with Crippen LogP contribution in [-0.4, -0.2) is 22.3 Å². The molecule has 158 valence electrons. The van der Waals surface area contributed by atoms with Crippen molar-refractivity contribution in [3.63, 3.8) is 0 Å². The van der Waals surface area contributed by atoms with E-state index >= 15 is 0 Å². The maximum absolute atomic E-state index is 13.1. The minimum absolute atomic E-state index is 0.133. The summed E-state index contributed by atoms with van der Waals surface area (Å²) in [5.41, 5.74) is 3.36. The van der Waals surface area contributed by atoms with Crippen LogP contribution in [0.25, 0.3) is 0 Å². The summed E-state index contributed by atoms with van der Waals surface area (Å²) < 4.78 is 12.6. The molecule has 1 atom stereocenters. The van der Waals surface area contributed by atoms with Crippen LogP contribution in [-0.2, 0) is 17.6 Å². The highest BCUT2D eigenvalue weighted by Gasteiger charge is 2.33. The van der Waals surface area contributed by atoms with Gasteiger partial charge in [0, 0.05) is 25.1 Å². The second-order valence-electron chi connectivity index (χ2n) is 7.71. The second kappa shape index (κ2) is 7.77. The molecule has 0 unspecified atom stereocenters. The molecule has 1 amide bonds. The topological polar surface area (TPSA) is 82.5 Å². The lowest BCUT2D eigenvalue weighted by Gasteiger charge is -2.27. The van der Waals surface area contributed by atoms with Crippen molar-refractivity contribution < 1.29 is 14.3 Å². The first-order chi connectivity index (χ1) is 15.0. The van der Waals surface area contributed by atoms with Crippen LogP contribution in [0, 0.1) is 6.92 Å². The Morgan fingerprint density at radius 1 is 1.13 bits per heavy atom. The van der Waals surface area contributed by atoms with Crippen LogP contribution in [0.5, 0.6) is 11.5 Å². The standard InChI is InChI=1S/C23H21N3O4S/c1-13-3-5-14(6-4-13)11-31-23-25-22(28)20-16(10-19(27)24-21(20)26(23)2)15-7-8-17-18(9-15)30-12-29-17/h3-9,16H,10-12H2,1-2H3,(H,24,27)/t16-/m0/s1. The summed E-state index contributed by atoms with van der Waals surface area (Å²) in [7, 11) is 1.82. The predicted octanol–water partition coefficient (Wildman–Crippen LogP) is 3.58. The molecule has 0 radical (unpaired) electrons. The number of aryl methyl sites for hydroxylation is 1. The van der Waals surface area contributed by atoms with Crippen LogP contribution in [0.1, 0.15) is 34.6 Å². The van der Waals surface area contributed by atoms with Crippen molar-refractivity contribution in [1.82, 2.24) is 9.55 Å². The zero-order chi connectivity index (χ0) is 21.5. The molecule has 3 aromatic rings. The molecule has 0 aliphatic carbocycles. The van der Waals surface area contributed by atoms with Crippen LogP contribution in [0.2, 0.25) is 0 Å². The fourth-order valence-electron chi connectivity index (χ4n) is 3.91. The molecule has 1 N–H and O–H groups in total. The maximum atomic E-state index is 13.1. The number of anilines is 1. The van der Waals surface area contributed by atoms with Crippen LogP contribution < -0.4 is 20.3 Å². The molecule has 8 heteroatoms. The van der Waals surface area contributed by atoms with Crippen molar-refractivity contribution in [2.75, 3.05) is 12.1 Å². The Morgan fingerprint density at radius 3 is 2.71 bits per heavy atom. The van der Waals surface area contributed by atoms with Gasteiger partial charge in [0.25, 0.3) is 5.56 Å². The van der Waals surface area contributed by atoms with Gasteiger partial charge in [-0.1, -0.05) is 47.7 Å². The predicted molar refractivity (Wildman–Crippen MR) is 118 cm³/mol. The third kappa shape index (κ3) is 3.67. The van der Waals surface area contributed by atoms with Gasteiger partial charge in [-0.25, -0.2) is 0 Å². The molecule has 2 aliphatic rings. The van der Waals surface area contributed by atoms with E-state index in [1.165, 1.54) is 17.3 Å². The maximum Gasteiger partial charge on any atom is 0.279 e. The van der Waals surface area contributed by atoms with Crippen molar-refractivity contribution in [2.45, 2.75) is 30.2 Å². The average molecular weight is 436 g/mol. The zero-order valence-electron chi connectivity index (χ0n) is 17.2.